The van der Waals surface area contributed by atoms with Gasteiger partial charge in [0.15, 0.2) is 11.5 Å². The second-order valence-corrected chi connectivity index (χ2v) is 6.41. The molecule has 0 saturated heterocycles. The summed E-state index contributed by atoms with van der Waals surface area (Å²) in [4.78, 5) is 14.7. The Morgan fingerprint density at radius 2 is 1.87 bits per heavy atom. The van der Waals surface area contributed by atoms with E-state index in [4.69, 9.17) is 9.47 Å². The largest absolute Gasteiger partial charge is 0.493 e. The standard InChI is InChI=1S/C19H31NO3/c1-7-9-15(4)20(18(21)12-14(2)3)13-16-10-8-11-17(22-5)19(16)23-6/h8,10-11,14-15H,7,9,12-13H2,1-6H3. The molecule has 0 heterocycles. The first kappa shape index (κ1) is 19.3. The number of benzene rings is 1. The predicted octanol–water partition coefficient (Wildman–Crippen LogP) is 4.27. The third-order valence-electron chi connectivity index (χ3n) is 3.97. The number of para-hydroxylation sites is 1. The molecule has 4 heteroatoms. The van der Waals surface area contributed by atoms with Gasteiger partial charge < -0.3 is 14.4 Å². The molecule has 23 heavy (non-hydrogen) atoms. The summed E-state index contributed by atoms with van der Waals surface area (Å²) in [5.41, 5.74) is 0.979. The van der Waals surface area contributed by atoms with Gasteiger partial charge in [-0.25, -0.2) is 0 Å². The average Bonchev–Trinajstić information content (AvgIpc) is 2.51. The van der Waals surface area contributed by atoms with Crippen LogP contribution in [0.5, 0.6) is 11.5 Å². The fourth-order valence-electron chi connectivity index (χ4n) is 2.79. The van der Waals surface area contributed by atoms with Gasteiger partial charge >= 0.3 is 0 Å². The highest BCUT2D eigenvalue weighted by atomic mass is 16.5. The maximum absolute atomic E-state index is 12.7. The van der Waals surface area contributed by atoms with E-state index in [1.165, 1.54) is 0 Å². The Bertz CT molecular complexity index is 499. The lowest BCUT2D eigenvalue weighted by Crippen LogP contribution is -2.38. The second-order valence-electron chi connectivity index (χ2n) is 6.41. The maximum atomic E-state index is 12.7. The van der Waals surface area contributed by atoms with E-state index in [0.29, 0.717) is 30.4 Å². The number of rotatable bonds is 9. The zero-order valence-corrected chi connectivity index (χ0v) is 15.4. The zero-order valence-electron chi connectivity index (χ0n) is 15.4. The monoisotopic (exact) mass is 321 g/mol. The Balaban J connectivity index is 3.07. The van der Waals surface area contributed by atoms with Crippen molar-refractivity contribution < 1.29 is 14.3 Å². The van der Waals surface area contributed by atoms with Crippen molar-refractivity contribution in [2.45, 2.75) is 59.5 Å². The van der Waals surface area contributed by atoms with Gasteiger partial charge in [-0.3, -0.25) is 4.79 Å². The Morgan fingerprint density at radius 3 is 2.39 bits per heavy atom. The smallest absolute Gasteiger partial charge is 0.223 e. The first-order chi connectivity index (χ1) is 10.9. The van der Waals surface area contributed by atoms with E-state index in [2.05, 4.69) is 27.7 Å². The van der Waals surface area contributed by atoms with E-state index in [-0.39, 0.29) is 11.9 Å². The highest BCUT2D eigenvalue weighted by Crippen LogP contribution is 2.32. The van der Waals surface area contributed by atoms with Crippen molar-refractivity contribution in [2.75, 3.05) is 14.2 Å². The van der Waals surface area contributed by atoms with Crippen molar-refractivity contribution in [1.29, 1.82) is 0 Å². The van der Waals surface area contributed by atoms with Crippen molar-refractivity contribution in [2.24, 2.45) is 5.92 Å². The van der Waals surface area contributed by atoms with E-state index >= 15 is 0 Å². The molecule has 0 spiro atoms. The third-order valence-corrected chi connectivity index (χ3v) is 3.97. The van der Waals surface area contributed by atoms with Crippen LogP contribution in [-0.4, -0.2) is 31.1 Å². The lowest BCUT2D eigenvalue weighted by molar-refractivity contribution is -0.134. The Labute approximate surface area is 140 Å². The van der Waals surface area contributed by atoms with Crippen molar-refractivity contribution in [3.63, 3.8) is 0 Å². The number of methoxy groups -OCH3 is 2. The van der Waals surface area contributed by atoms with Crippen molar-refractivity contribution in [3.05, 3.63) is 23.8 Å². The molecule has 1 aromatic rings. The summed E-state index contributed by atoms with van der Waals surface area (Å²) in [6, 6.07) is 6.02. The van der Waals surface area contributed by atoms with E-state index < -0.39 is 0 Å². The number of carbonyl (C=O) groups excluding carboxylic acids is 1. The quantitative estimate of drug-likeness (QED) is 0.682. The zero-order chi connectivity index (χ0) is 17.4. The van der Waals surface area contributed by atoms with Gasteiger partial charge in [0.05, 0.1) is 14.2 Å². The lowest BCUT2D eigenvalue weighted by Gasteiger charge is -2.30. The molecule has 0 saturated carbocycles. The van der Waals surface area contributed by atoms with Crippen molar-refractivity contribution in [3.8, 4) is 11.5 Å². The van der Waals surface area contributed by atoms with Gasteiger partial charge in [0.25, 0.3) is 0 Å². The van der Waals surface area contributed by atoms with E-state index in [9.17, 15) is 4.79 Å². The summed E-state index contributed by atoms with van der Waals surface area (Å²) >= 11 is 0. The normalized spacial score (nSPS) is 12.1. The van der Waals surface area contributed by atoms with E-state index in [1.807, 2.05) is 23.1 Å². The van der Waals surface area contributed by atoms with Crippen LogP contribution < -0.4 is 9.47 Å². The summed E-state index contributed by atoms with van der Waals surface area (Å²) in [7, 11) is 3.26. The molecule has 130 valence electrons. The molecule has 1 rings (SSSR count). The predicted molar refractivity (Wildman–Crippen MR) is 93.9 cm³/mol. The van der Waals surface area contributed by atoms with Crippen LogP contribution in [-0.2, 0) is 11.3 Å². The van der Waals surface area contributed by atoms with Crippen LogP contribution in [0.25, 0.3) is 0 Å². The molecule has 0 aliphatic heterocycles. The number of ether oxygens (including phenoxy) is 2. The van der Waals surface area contributed by atoms with E-state index in [1.54, 1.807) is 14.2 Å². The van der Waals surface area contributed by atoms with Gasteiger partial charge in [0.1, 0.15) is 0 Å². The third kappa shape index (κ3) is 5.45. The fourth-order valence-corrected chi connectivity index (χ4v) is 2.79. The molecule has 0 aliphatic rings. The SMILES string of the molecule is CCCC(C)N(Cc1cccc(OC)c1OC)C(=O)CC(C)C. The van der Waals surface area contributed by atoms with Gasteiger partial charge in [0.2, 0.25) is 5.91 Å². The Hall–Kier alpha value is -1.71. The summed E-state index contributed by atoms with van der Waals surface area (Å²) in [5, 5.41) is 0. The second kappa shape index (κ2) is 9.43. The molecule has 1 atom stereocenters. The molecule has 0 aliphatic carbocycles. The number of nitrogens with zero attached hydrogens (tertiary/aromatic N) is 1. The summed E-state index contributed by atoms with van der Waals surface area (Å²) < 4.78 is 10.9. The molecule has 0 bridgehead atoms. The Morgan fingerprint density at radius 1 is 1.17 bits per heavy atom. The van der Waals surface area contributed by atoms with Crippen LogP contribution in [0.4, 0.5) is 0 Å². The minimum absolute atomic E-state index is 0.200. The van der Waals surface area contributed by atoms with Gasteiger partial charge in [-0.15, -0.1) is 0 Å². The van der Waals surface area contributed by atoms with Crippen LogP contribution >= 0.6 is 0 Å². The van der Waals surface area contributed by atoms with Gasteiger partial charge in [-0.2, -0.15) is 0 Å². The molecular weight excluding hydrogens is 290 g/mol. The van der Waals surface area contributed by atoms with Crippen molar-refractivity contribution >= 4 is 5.91 Å². The van der Waals surface area contributed by atoms with Gasteiger partial charge in [0, 0.05) is 24.6 Å². The van der Waals surface area contributed by atoms with Crippen LogP contribution in [0.1, 0.15) is 52.5 Å². The van der Waals surface area contributed by atoms with Gasteiger partial charge in [-0.05, 0) is 25.3 Å². The summed E-state index contributed by atoms with van der Waals surface area (Å²) in [5.74, 6) is 1.96. The summed E-state index contributed by atoms with van der Waals surface area (Å²) in [6.45, 7) is 8.97. The Kier molecular flexibility index (Phi) is 7.93. The van der Waals surface area contributed by atoms with Crippen molar-refractivity contribution in [1.82, 2.24) is 4.90 Å². The topological polar surface area (TPSA) is 38.8 Å². The molecule has 4 nitrogen and oxygen atoms in total. The van der Waals surface area contributed by atoms with Crippen LogP contribution in [0.15, 0.2) is 18.2 Å². The maximum Gasteiger partial charge on any atom is 0.223 e. The molecule has 0 N–H and O–H groups in total. The fraction of sp³-hybridized carbons (Fsp3) is 0.632. The molecule has 1 unspecified atom stereocenters. The number of carbonyl (C=O) groups is 1. The number of amides is 1. The minimum atomic E-state index is 0.200. The van der Waals surface area contributed by atoms with Crippen LogP contribution in [0, 0.1) is 5.92 Å². The lowest BCUT2D eigenvalue weighted by atomic mass is 10.1. The first-order valence-electron chi connectivity index (χ1n) is 8.43. The van der Waals surface area contributed by atoms with Gasteiger partial charge in [-0.1, -0.05) is 39.3 Å². The molecule has 0 radical (unpaired) electrons. The highest BCUT2D eigenvalue weighted by molar-refractivity contribution is 5.76. The van der Waals surface area contributed by atoms with Crippen LogP contribution in [0.2, 0.25) is 0 Å². The molecule has 0 fully saturated rings. The highest BCUT2D eigenvalue weighted by Gasteiger charge is 2.22. The molecule has 1 aromatic carbocycles. The van der Waals surface area contributed by atoms with E-state index in [0.717, 1.165) is 18.4 Å². The van der Waals surface area contributed by atoms with Crippen LogP contribution in [0.3, 0.4) is 0 Å². The molecule has 0 aromatic heterocycles. The number of hydrogen-bond donors (Lipinski definition) is 0. The first-order valence-corrected chi connectivity index (χ1v) is 8.43. The number of hydrogen-bond acceptors (Lipinski definition) is 3. The minimum Gasteiger partial charge on any atom is -0.493 e. The average molecular weight is 321 g/mol. The molecular formula is C19H31NO3. The summed E-state index contributed by atoms with van der Waals surface area (Å²) in [6.07, 6.45) is 2.62. The molecule has 1 amide bonds.